The molecule has 2 aliphatic rings. The first-order valence-electron chi connectivity index (χ1n) is 11.8. The van der Waals surface area contributed by atoms with Crippen molar-refractivity contribution in [2.75, 3.05) is 0 Å². The summed E-state index contributed by atoms with van der Waals surface area (Å²) in [7, 11) is 0. The standard InChI is InChI=1S/C26H42/c1-3-8-22-9-11-23(12-10-22)13-14-24-15-17-25(18-16-24)26(19-4-2)20-6-5-7-21-26/h9-12,24-25H,3-8,13-21H2,1-2H3/t24-,25-. The van der Waals surface area contributed by atoms with Gasteiger partial charge in [0.15, 0.2) is 0 Å². The smallest absolute Gasteiger partial charge is 0.0269 e. The fraction of sp³-hybridized carbons (Fsp3) is 0.769. The molecule has 0 unspecified atom stereocenters. The van der Waals surface area contributed by atoms with E-state index in [1.807, 2.05) is 0 Å². The molecule has 0 atom stereocenters. The monoisotopic (exact) mass is 354 g/mol. The van der Waals surface area contributed by atoms with E-state index in [4.69, 9.17) is 0 Å². The van der Waals surface area contributed by atoms with Crippen molar-refractivity contribution in [3.05, 3.63) is 35.4 Å². The van der Waals surface area contributed by atoms with Crippen LogP contribution in [0.2, 0.25) is 0 Å². The Morgan fingerprint density at radius 2 is 1.38 bits per heavy atom. The highest BCUT2D eigenvalue weighted by atomic mass is 14.4. The van der Waals surface area contributed by atoms with Gasteiger partial charge in [0.1, 0.15) is 0 Å². The topological polar surface area (TPSA) is 0 Å². The largest absolute Gasteiger partial charge is 0.0654 e. The summed E-state index contributed by atoms with van der Waals surface area (Å²) >= 11 is 0. The second-order valence-corrected chi connectivity index (χ2v) is 9.50. The highest BCUT2D eigenvalue weighted by Gasteiger charge is 2.40. The predicted molar refractivity (Wildman–Crippen MR) is 115 cm³/mol. The molecule has 0 amide bonds. The van der Waals surface area contributed by atoms with E-state index >= 15 is 0 Å². The van der Waals surface area contributed by atoms with Crippen molar-refractivity contribution in [3.8, 4) is 0 Å². The van der Waals surface area contributed by atoms with Crippen LogP contribution in [0.25, 0.3) is 0 Å². The van der Waals surface area contributed by atoms with Crippen LogP contribution in [0.15, 0.2) is 24.3 Å². The lowest BCUT2D eigenvalue weighted by Gasteiger charge is -2.47. The predicted octanol–water partition coefficient (Wildman–Crippen LogP) is 8.13. The molecule has 0 radical (unpaired) electrons. The quantitative estimate of drug-likeness (QED) is 0.442. The van der Waals surface area contributed by atoms with E-state index in [1.54, 1.807) is 18.4 Å². The lowest BCUT2D eigenvalue weighted by atomic mass is 9.59. The lowest BCUT2D eigenvalue weighted by molar-refractivity contribution is 0.0445. The van der Waals surface area contributed by atoms with Gasteiger partial charge >= 0.3 is 0 Å². The van der Waals surface area contributed by atoms with Crippen molar-refractivity contribution < 1.29 is 0 Å². The van der Waals surface area contributed by atoms with Gasteiger partial charge in [-0.05, 0) is 79.7 Å². The second-order valence-electron chi connectivity index (χ2n) is 9.50. The molecule has 2 aliphatic carbocycles. The van der Waals surface area contributed by atoms with Gasteiger partial charge in [0.2, 0.25) is 0 Å². The average molecular weight is 355 g/mol. The highest BCUT2D eigenvalue weighted by Crippen LogP contribution is 2.52. The molecule has 0 nitrogen and oxygen atoms in total. The van der Waals surface area contributed by atoms with Crippen LogP contribution < -0.4 is 0 Å². The molecule has 0 N–H and O–H groups in total. The molecule has 0 bridgehead atoms. The van der Waals surface area contributed by atoms with Crippen LogP contribution in [0.4, 0.5) is 0 Å². The summed E-state index contributed by atoms with van der Waals surface area (Å²) < 4.78 is 0. The molecule has 1 aromatic carbocycles. The van der Waals surface area contributed by atoms with E-state index in [0.717, 1.165) is 17.3 Å². The molecule has 2 fully saturated rings. The van der Waals surface area contributed by atoms with E-state index in [-0.39, 0.29) is 0 Å². The van der Waals surface area contributed by atoms with E-state index in [1.165, 1.54) is 89.0 Å². The van der Waals surface area contributed by atoms with Crippen LogP contribution in [0, 0.1) is 17.3 Å². The minimum Gasteiger partial charge on any atom is -0.0654 e. The molecule has 0 heteroatoms. The third kappa shape index (κ3) is 5.14. The molecule has 0 heterocycles. The fourth-order valence-electron chi connectivity index (χ4n) is 6.21. The molecular weight excluding hydrogens is 312 g/mol. The van der Waals surface area contributed by atoms with Gasteiger partial charge in [-0.15, -0.1) is 0 Å². The lowest BCUT2D eigenvalue weighted by Crippen LogP contribution is -2.35. The third-order valence-corrected chi connectivity index (χ3v) is 7.71. The van der Waals surface area contributed by atoms with Crippen molar-refractivity contribution in [2.45, 2.75) is 110 Å². The van der Waals surface area contributed by atoms with Crippen LogP contribution in [0.1, 0.15) is 108 Å². The Labute approximate surface area is 163 Å². The Kier molecular flexibility index (Phi) is 7.64. The number of aryl methyl sites for hydroxylation is 2. The highest BCUT2D eigenvalue weighted by molar-refractivity contribution is 5.22. The van der Waals surface area contributed by atoms with E-state index in [9.17, 15) is 0 Å². The molecule has 26 heavy (non-hydrogen) atoms. The minimum absolute atomic E-state index is 0.743. The Hall–Kier alpha value is -0.780. The summed E-state index contributed by atoms with van der Waals surface area (Å²) in [4.78, 5) is 0. The molecule has 146 valence electrons. The Balaban J connectivity index is 1.45. The zero-order chi connectivity index (χ0) is 18.2. The van der Waals surface area contributed by atoms with E-state index in [2.05, 4.69) is 38.1 Å². The second kappa shape index (κ2) is 9.95. The number of rotatable bonds is 8. The summed E-state index contributed by atoms with van der Waals surface area (Å²) in [5, 5.41) is 0. The molecule has 0 aliphatic heterocycles. The Bertz CT molecular complexity index is 492. The number of hydrogen-bond acceptors (Lipinski definition) is 0. The molecule has 1 aromatic rings. The van der Waals surface area contributed by atoms with Crippen molar-refractivity contribution >= 4 is 0 Å². The zero-order valence-electron chi connectivity index (χ0n) is 17.6. The zero-order valence-corrected chi connectivity index (χ0v) is 17.6. The van der Waals surface area contributed by atoms with Gasteiger partial charge < -0.3 is 0 Å². The summed E-state index contributed by atoms with van der Waals surface area (Å²) in [6, 6.07) is 9.48. The van der Waals surface area contributed by atoms with Crippen molar-refractivity contribution in [3.63, 3.8) is 0 Å². The SMILES string of the molecule is CCCc1ccc(CC[C@H]2CC[C@H](C3(CCC)CCCCC3)CC2)cc1. The van der Waals surface area contributed by atoms with Gasteiger partial charge in [0.05, 0.1) is 0 Å². The Morgan fingerprint density at radius 1 is 0.769 bits per heavy atom. The number of benzene rings is 1. The molecule has 0 spiro atoms. The normalized spacial score (nSPS) is 25.9. The van der Waals surface area contributed by atoms with Crippen LogP contribution >= 0.6 is 0 Å². The maximum Gasteiger partial charge on any atom is -0.0269 e. The van der Waals surface area contributed by atoms with Crippen molar-refractivity contribution in [1.82, 2.24) is 0 Å². The first kappa shape index (κ1) is 20.0. The van der Waals surface area contributed by atoms with Crippen LogP contribution in [0.3, 0.4) is 0 Å². The van der Waals surface area contributed by atoms with Gasteiger partial charge in [-0.2, -0.15) is 0 Å². The van der Waals surface area contributed by atoms with Crippen molar-refractivity contribution in [2.24, 2.45) is 17.3 Å². The summed E-state index contributed by atoms with van der Waals surface area (Å²) in [5.41, 5.74) is 3.81. The van der Waals surface area contributed by atoms with Gasteiger partial charge in [0, 0.05) is 0 Å². The molecule has 2 saturated carbocycles. The Morgan fingerprint density at radius 3 is 1.96 bits per heavy atom. The summed E-state index contributed by atoms with van der Waals surface area (Å²) in [6.45, 7) is 4.68. The molecular formula is C26H42. The molecule has 3 rings (SSSR count). The number of hydrogen-bond donors (Lipinski definition) is 0. The average Bonchev–Trinajstić information content (AvgIpc) is 2.69. The fourth-order valence-corrected chi connectivity index (χ4v) is 6.21. The van der Waals surface area contributed by atoms with Gasteiger partial charge in [-0.3, -0.25) is 0 Å². The first-order chi connectivity index (χ1) is 12.8. The summed E-state index contributed by atoms with van der Waals surface area (Å²) in [5.74, 6) is 2.04. The van der Waals surface area contributed by atoms with Crippen LogP contribution in [0.5, 0.6) is 0 Å². The third-order valence-electron chi connectivity index (χ3n) is 7.71. The van der Waals surface area contributed by atoms with Crippen LogP contribution in [-0.2, 0) is 12.8 Å². The molecule has 0 saturated heterocycles. The van der Waals surface area contributed by atoms with Gasteiger partial charge in [-0.25, -0.2) is 0 Å². The van der Waals surface area contributed by atoms with E-state index in [0.29, 0.717) is 0 Å². The maximum absolute atomic E-state index is 2.41. The van der Waals surface area contributed by atoms with Gasteiger partial charge in [0.25, 0.3) is 0 Å². The first-order valence-corrected chi connectivity index (χ1v) is 11.8. The van der Waals surface area contributed by atoms with E-state index < -0.39 is 0 Å². The van der Waals surface area contributed by atoms with Crippen LogP contribution in [-0.4, -0.2) is 0 Å². The van der Waals surface area contributed by atoms with Crippen molar-refractivity contribution in [1.29, 1.82) is 0 Å². The molecule has 0 aromatic heterocycles. The maximum atomic E-state index is 2.41. The summed E-state index contributed by atoms with van der Waals surface area (Å²) in [6.07, 6.45) is 21.8. The minimum atomic E-state index is 0.743. The van der Waals surface area contributed by atoms with Gasteiger partial charge in [-0.1, -0.05) is 83.1 Å².